The zero-order valence-corrected chi connectivity index (χ0v) is 13.4. The van der Waals surface area contributed by atoms with Gasteiger partial charge in [-0.05, 0) is 19.1 Å². The molecular weight excluding hydrogens is 316 g/mol. The first-order chi connectivity index (χ1) is 11.0. The summed E-state index contributed by atoms with van der Waals surface area (Å²) in [7, 11) is 0. The summed E-state index contributed by atoms with van der Waals surface area (Å²) in [5.74, 6) is -1.22. The summed E-state index contributed by atoms with van der Waals surface area (Å²) in [6, 6.07) is 7.22. The highest BCUT2D eigenvalue weighted by Gasteiger charge is 2.29. The van der Waals surface area contributed by atoms with Crippen molar-refractivity contribution >= 4 is 23.2 Å². The smallest absolute Gasteiger partial charge is 0.334 e. The lowest BCUT2D eigenvalue weighted by Crippen LogP contribution is -2.48. The molecule has 1 atom stereocenters. The van der Waals surface area contributed by atoms with E-state index in [1.807, 2.05) is 24.4 Å². The van der Waals surface area contributed by atoms with Gasteiger partial charge in [-0.2, -0.15) is 0 Å². The van der Waals surface area contributed by atoms with Crippen LogP contribution in [0.25, 0.3) is 10.6 Å². The number of carbonyl (C=O) groups is 2. The summed E-state index contributed by atoms with van der Waals surface area (Å²) in [6.07, 6.45) is -0.953. The first kappa shape index (κ1) is 15.6. The SMILES string of the molecule is Cc1csc(-c2ccc(C(=O)N3CCO[C@@H](C(=O)O)C3)cc2)n1. The third-order valence-electron chi connectivity index (χ3n) is 3.63. The lowest BCUT2D eigenvalue weighted by Gasteiger charge is -2.30. The minimum atomic E-state index is -1.04. The molecule has 7 heteroatoms. The number of amides is 1. The second-order valence-electron chi connectivity index (χ2n) is 5.32. The van der Waals surface area contributed by atoms with E-state index >= 15 is 0 Å². The zero-order chi connectivity index (χ0) is 16.4. The molecule has 1 N–H and O–H groups in total. The van der Waals surface area contributed by atoms with E-state index in [1.54, 1.807) is 23.5 Å². The minimum Gasteiger partial charge on any atom is -0.479 e. The fourth-order valence-corrected chi connectivity index (χ4v) is 3.21. The fourth-order valence-electron chi connectivity index (χ4n) is 2.41. The Labute approximate surface area is 137 Å². The average molecular weight is 332 g/mol. The Kier molecular flexibility index (Phi) is 4.40. The number of aromatic nitrogens is 1. The summed E-state index contributed by atoms with van der Waals surface area (Å²) in [5.41, 5.74) is 2.47. The van der Waals surface area contributed by atoms with Crippen LogP contribution in [0.2, 0.25) is 0 Å². The van der Waals surface area contributed by atoms with Crippen LogP contribution in [-0.4, -0.2) is 52.7 Å². The van der Waals surface area contributed by atoms with Gasteiger partial charge in [-0.15, -0.1) is 11.3 Å². The van der Waals surface area contributed by atoms with Crippen LogP contribution >= 0.6 is 11.3 Å². The quantitative estimate of drug-likeness (QED) is 0.930. The lowest BCUT2D eigenvalue weighted by atomic mass is 10.1. The van der Waals surface area contributed by atoms with Crippen LogP contribution in [0.5, 0.6) is 0 Å². The van der Waals surface area contributed by atoms with Gasteiger partial charge in [0, 0.05) is 28.7 Å². The number of ether oxygens (including phenoxy) is 1. The summed E-state index contributed by atoms with van der Waals surface area (Å²) in [5, 5.41) is 11.9. The molecule has 3 rings (SSSR count). The Morgan fingerprint density at radius 1 is 1.35 bits per heavy atom. The highest BCUT2D eigenvalue weighted by molar-refractivity contribution is 7.13. The number of aryl methyl sites for hydroxylation is 1. The van der Waals surface area contributed by atoms with Crippen molar-refractivity contribution in [3.05, 3.63) is 40.9 Å². The molecule has 1 aromatic heterocycles. The van der Waals surface area contributed by atoms with E-state index in [2.05, 4.69) is 4.98 Å². The second-order valence-corrected chi connectivity index (χ2v) is 6.18. The van der Waals surface area contributed by atoms with Gasteiger partial charge in [-0.1, -0.05) is 12.1 Å². The van der Waals surface area contributed by atoms with E-state index in [-0.39, 0.29) is 19.1 Å². The van der Waals surface area contributed by atoms with Gasteiger partial charge in [-0.25, -0.2) is 9.78 Å². The number of carboxylic acids is 1. The maximum atomic E-state index is 12.5. The molecule has 120 valence electrons. The molecule has 1 fully saturated rings. The highest BCUT2D eigenvalue weighted by Crippen LogP contribution is 2.24. The predicted octanol–water partition coefficient (Wildman–Crippen LogP) is 2.04. The second kappa shape index (κ2) is 6.47. The average Bonchev–Trinajstić information content (AvgIpc) is 3.01. The molecular formula is C16H16N2O4S. The van der Waals surface area contributed by atoms with Gasteiger partial charge < -0.3 is 14.7 Å². The summed E-state index contributed by atoms with van der Waals surface area (Å²) >= 11 is 1.56. The van der Waals surface area contributed by atoms with Crippen LogP contribution < -0.4 is 0 Å². The number of nitrogens with zero attached hydrogens (tertiary/aromatic N) is 2. The maximum absolute atomic E-state index is 12.5. The molecule has 0 unspecified atom stereocenters. The van der Waals surface area contributed by atoms with Gasteiger partial charge in [0.1, 0.15) is 5.01 Å². The van der Waals surface area contributed by atoms with Crippen molar-refractivity contribution in [2.45, 2.75) is 13.0 Å². The molecule has 23 heavy (non-hydrogen) atoms. The van der Waals surface area contributed by atoms with Crippen molar-refractivity contribution in [2.24, 2.45) is 0 Å². The van der Waals surface area contributed by atoms with Crippen molar-refractivity contribution in [1.29, 1.82) is 0 Å². The Hall–Kier alpha value is -2.25. The van der Waals surface area contributed by atoms with Gasteiger partial charge in [-0.3, -0.25) is 4.79 Å². The summed E-state index contributed by atoms with van der Waals surface area (Å²) in [6.45, 7) is 2.64. The molecule has 6 nitrogen and oxygen atoms in total. The number of hydrogen-bond acceptors (Lipinski definition) is 5. The standard InChI is InChI=1S/C16H16N2O4S/c1-10-9-23-14(17-10)11-2-4-12(5-3-11)15(19)18-6-7-22-13(8-18)16(20)21/h2-5,9,13H,6-8H2,1H3,(H,20,21)/t13-/m1/s1. The van der Waals surface area contributed by atoms with E-state index in [0.717, 1.165) is 16.3 Å². The van der Waals surface area contributed by atoms with Gasteiger partial charge in [0.05, 0.1) is 13.2 Å². The molecule has 0 bridgehead atoms. The Bertz CT molecular complexity index is 726. The maximum Gasteiger partial charge on any atom is 0.334 e. The van der Waals surface area contributed by atoms with Crippen LogP contribution in [0, 0.1) is 6.92 Å². The van der Waals surface area contributed by atoms with E-state index < -0.39 is 12.1 Å². The molecule has 0 radical (unpaired) electrons. The van der Waals surface area contributed by atoms with Gasteiger partial charge in [0.25, 0.3) is 5.91 Å². The Balaban J connectivity index is 1.74. The molecule has 1 saturated heterocycles. The molecule has 2 heterocycles. The van der Waals surface area contributed by atoms with E-state index in [1.165, 1.54) is 4.90 Å². The van der Waals surface area contributed by atoms with Gasteiger partial charge >= 0.3 is 5.97 Å². The minimum absolute atomic E-state index is 0.0710. The fraction of sp³-hybridized carbons (Fsp3) is 0.312. The number of thiazole rings is 1. The molecule has 0 spiro atoms. The topological polar surface area (TPSA) is 79.7 Å². The number of carbonyl (C=O) groups excluding carboxylic acids is 1. The molecule has 1 aliphatic rings. The number of morpholine rings is 1. The number of hydrogen-bond donors (Lipinski definition) is 1. The predicted molar refractivity (Wildman–Crippen MR) is 85.6 cm³/mol. The number of aliphatic carboxylic acids is 1. The summed E-state index contributed by atoms with van der Waals surface area (Å²) < 4.78 is 5.13. The van der Waals surface area contributed by atoms with Crippen molar-refractivity contribution in [3.8, 4) is 10.6 Å². The lowest BCUT2D eigenvalue weighted by molar-refractivity contribution is -0.154. The zero-order valence-electron chi connectivity index (χ0n) is 12.6. The third kappa shape index (κ3) is 3.40. The first-order valence-electron chi connectivity index (χ1n) is 7.21. The molecule has 1 aromatic carbocycles. The molecule has 2 aromatic rings. The Morgan fingerprint density at radius 2 is 2.09 bits per heavy atom. The van der Waals surface area contributed by atoms with E-state index in [9.17, 15) is 9.59 Å². The van der Waals surface area contributed by atoms with Gasteiger partial charge in [0.15, 0.2) is 6.10 Å². The third-order valence-corrected chi connectivity index (χ3v) is 4.64. The van der Waals surface area contributed by atoms with Gasteiger partial charge in [0.2, 0.25) is 0 Å². The monoisotopic (exact) mass is 332 g/mol. The number of carboxylic acid groups (broad SMARTS) is 1. The number of rotatable bonds is 3. The van der Waals surface area contributed by atoms with Crippen LogP contribution in [0.15, 0.2) is 29.6 Å². The van der Waals surface area contributed by atoms with Crippen LogP contribution in [-0.2, 0) is 9.53 Å². The van der Waals surface area contributed by atoms with Crippen molar-refractivity contribution in [2.75, 3.05) is 19.7 Å². The highest BCUT2D eigenvalue weighted by atomic mass is 32.1. The molecule has 0 aliphatic carbocycles. The van der Waals surface area contributed by atoms with Crippen molar-refractivity contribution in [1.82, 2.24) is 9.88 Å². The number of benzene rings is 1. The van der Waals surface area contributed by atoms with E-state index in [4.69, 9.17) is 9.84 Å². The van der Waals surface area contributed by atoms with Crippen molar-refractivity contribution in [3.63, 3.8) is 0 Å². The summed E-state index contributed by atoms with van der Waals surface area (Å²) in [4.78, 5) is 29.4. The van der Waals surface area contributed by atoms with Crippen molar-refractivity contribution < 1.29 is 19.4 Å². The molecule has 0 saturated carbocycles. The first-order valence-corrected chi connectivity index (χ1v) is 8.09. The Morgan fingerprint density at radius 3 is 2.70 bits per heavy atom. The van der Waals surface area contributed by atoms with Crippen LogP contribution in [0.3, 0.4) is 0 Å². The van der Waals surface area contributed by atoms with Crippen LogP contribution in [0.1, 0.15) is 16.1 Å². The largest absolute Gasteiger partial charge is 0.479 e. The van der Waals surface area contributed by atoms with E-state index in [0.29, 0.717) is 12.1 Å². The molecule has 1 amide bonds. The normalized spacial score (nSPS) is 18.0. The molecule has 1 aliphatic heterocycles. The van der Waals surface area contributed by atoms with Crippen LogP contribution in [0.4, 0.5) is 0 Å².